The molecule has 0 bridgehead atoms. The Morgan fingerprint density at radius 1 is 1.00 bits per heavy atom. The molecule has 0 aliphatic carbocycles. The van der Waals surface area contributed by atoms with Crippen LogP contribution in [-0.2, 0) is 17.1 Å². The number of hydrogen-bond donors (Lipinski definition) is 0. The van der Waals surface area contributed by atoms with Crippen molar-refractivity contribution in [2.45, 2.75) is 42.1 Å². The Morgan fingerprint density at radius 3 is 2.00 bits per heavy atom. The zero-order valence-corrected chi connectivity index (χ0v) is 16.1. The van der Waals surface area contributed by atoms with Crippen molar-refractivity contribution < 1.29 is 40.6 Å². The molecule has 0 radical (unpaired) electrons. The third kappa shape index (κ3) is 5.34. The summed E-state index contributed by atoms with van der Waals surface area (Å²) in [5.74, 6) is -2.39. The standard InChI is InChI=1S/C18H15F6NO3S/c1-9(2)28-12-11(16(26)27-3)14(17(19,20)21)25-15(18(22,23)24)13(12)29-10-7-5-4-6-8-10/h4-9H,1-3H3. The van der Waals surface area contributed by atoms with Crippen molar-refractivity contribution in [3.05, 3.63) is 47.3 Å². The van der Waals surface area contributed by atoms with Gasteiger partial charge in [0.2, 0.25) is 0 Å². The molecular formula is C18H15F6NO3S. The maximum absolute atomic E-state index is 13.6. The first-order valence-corrected chi connectivity index (χ1v) is 8.88. The Labute approximate surface area is 166 Å². The summed E-state index contributed by atoms with van der Waals surface area (Å²) in [6, 6.07) is 7.61. The molecule has 0 saturated carbocycles. The van der Waals surface area contributed by atoms with Crippen molar-refractivity contribution in [1.29, 1.82) is 0 Å². The Balaban J connectivity index is 2.95. The van der Waals surface area contributed by atoms with Gasteiger partial charge in [-0.2, -0.15) is 26.3 Å². The SMILES string of the molecule is COC(=O)c1c(C(F)(F)F)nc(C(F)(F)F)c(Sc2ccccc2)c1OC(C)C. The lowest BCUT2D eigenvalue weighted by atomic mass is 10.1. The summed E-state index contributed by atoms with van der Waals surface area (Å²) in [4.78, 5) is 14.4. The van der Waals surface area contributed by atoms with E-state index in [4.69, 9.17) is 4.74 Å². The number of esters is 1. The summed E-state index contributed by atoms with van der Waals surface area (Å²) in [6.45, 7) is 2.80. The molecule has 0 aliphatic rings. The average Bonchev–Trinajstić information content (AvgIpc) is 2.60. The minimum Gasteiger partial charge on any atom is -0.489 e. The second kappa shape index (κ2) is 8.52. The summed E-state index contributed by atoms with van der Waals surface area (Å²) in [5.41, 5.74) is -5.04. The van der Waals surface area contributed by atoms with Crippen LogP contribution in [0, 0.1) is 0 Å². The van der Waals surface area contributed by atoms with E-state index in [0.29, 0.717) is 11.8 Å². The highest BCUT2D eigenvalue weighted by Gasteiger charge is 2.47. The van der Waals surface area contributed by atoms with Gasteiger partial charge < -0.3 is 9.47 Å². The number of halogens is 6. The van der Waals surface area contributed by atoms with Gasteiger partial charge in [0.15, 0.2) is 17.1 Å². The van der Waals surface area contributed by atoms with E-state index in [1.54, 1.807) is 6.07 Å². The molecule has 0 saturated heterocycles. The molecule has 1 aromatic carbocycles. The molecule has 11 heteroatoms. The Bertz CT molecular complexity index is 882. The summed E-state index contributed by atoms with van der Waals surface area (Å²) >= 11 is 0.488. The van der Waals surface area contributed by atoms with Crippen LogP contribution in [0.15, 0.2) is 40.1 Å². The van der Waals surface area contributed by atoms with E-state index in [9.17, 15) is 31.1 Å². The van der Waals surface area contributed by atoms with Crippen LogP contribution in [0.2, 0.25) is 0 Å². The van der Waals surface area contributed by atoms with Crippen molar-refractivity contribution in [1.82, 2.24) is 4.98 Å². The third-order valence-corrected chi connectivity index (χ3v) is 4.44. The molecule has 0 aliphatic heterocycles. The Kier molecular flexibility index (Phi) is 6.71. The monoisotopic (exact) mass is 439 g/mol. The average molecular weight is 439 g/mol. The highest BCUT2D eigenvalue weighted by Crippen LogP contribution is 2.48. The molecule has 29 heavy (non-hydrogen) atoms. The van der Waals surface area contributed by atoms with Crippen LogP contribution < -0.4 is 4.74 Å². The fraction of sp³-hybridized carbons (Fsp3) is 0.333. The van der Waals surface area contributed by atoms with Crippen LogP contribution in [-0.4, -0.2) is 24.2 Å². The molecule has 0 unspecified atom stereocenters. The normalized spacial score (nSPS) is 12.2. The first-order chi connectivity index (χ1) is 13.4. The lowest BCUT2D eigenvalue weighted by Crippen LogP contribution is -2.24. The summed E-state index contributed by atoms with van der Waals surface area (Å²) in [7, 11) is 0.809. The third-order valence-electron chi connectivity index (χ3n) is 3.35. The molecule has 158 valence electrons. The number of aromatic nitrogens is 1. The fourth-order valence-electron chi connectivity index (χ4n) is 2.28. The van der Waals surface area contributed by atoms with Gasteiger partial charge in [0.25, 0.3) is 0 Å². The number of pyridine rings is 1. The number of carbonyl (C=O) groups is 1. The van der Waals surface area contributed by atoms with Gasteiger partial charge in [-0.15, -0.1) is 0 Å². The largest absolute Gasteiger partial charge is 0.489 e. The lowest BCUT2D eigenvalue weighted by molar-refractivity contribution is -0.152. The second-order valence-corrected chi connectivity index (χ2v) is 6.99. The van der Waals surface area contributed by atoms with E-state index in [0.717, 1.165) is 7.11 Å². The van der Waals surface area contributed by atoms with Crippen LogP contribution in [0.5, 0.6) is 5.75 Å². The van der Waals surface area contributed by atoms with Crippen LogP contribution in [0.3, 0.4) is 0 Å². The highest BCUT2D eigenvalue weighted by atomic mass is 32.2. The van der Waals surface area contributed by atoms with Crippen LogP contribution in [0.1, 0.15) is 35.6 Å². The van der Waals surface area contributed by atoms with E-state index < -0.39 is 52.0 Å². The highest BCUT2D eigenvalue weighted by molar-refractivity contribution is 7.99. The second-order valence-electron chi connectivity index (χ2n) is 5.91. The number of alkyl halides is 6. The van der Waals surface area contributed by atoms with Gasteiger partial charge in [-0.3, -0.25) is 0 Å². The molecule has 0 atom stereocenters. The molecule has 4 nitrogen and oxygen atoms in total. The Hall–Kier alpha value is -2.43. The number of hydrogen-bond acceptors (Lipinski definition) is 5. The molecule has 0 spiro atoms. The number of rotatable bonds is 5. The summed E-state index contributed by atoms with van der Waals surface area (Å²) in [5, 5.41) is 0. The summed E-state index contributed by atoms with van der Waals surface area (Å²) < 4.78 is 91.0. The van der Waals surface area contributed by atoms with Gasteiger partial charge in [0.05, 0.1) is 18.1 Å². The fourth-order valence-corrected chi connectivity index (χ4v) is 3.31. The molecule has 0 amide bonds. The molecule has 1 aromatic heterocycles. The molecule has 0 fully saturated rings. The zero-order chi connectivity index (χ0) is 22.0. The van der Waals surface area contributed by atoms with E-state index in [-0.39, 0.29) is 4.90 Å². The minimum absolute atomic E-state index is 0.281. The maximum Gasteiger partial charge on any atom is 0.434 e. The van der Waals surface area contributed by atoms with Gasteiger partial charge in [-0.05, 0) is 26.0 Å². The van der Waals surface area contributed by atoms with Gasteiger partial charge in [0.1, 0.15) is 5.56 Å². The van der Waals surface area contributed by atoms with E-state index >= 15 is 0 Å². The number of nitrogens with zero attached hydrogens (tertiary/aromatic N) is 1. The van der Waals surface area contributed by atoms with Crippen molar-refractivity contribution in [2.75, 3.05) is 7.11 Å². The maximum atomic E-state index is 13.6. The van der Waals surface area contributed by atoms with Crippen molar-refractivity contribution in [2.24, 2.45) is 0 Å². The first kappa shape index (κ1) is 22.9. The minimum atomic E-state index is -5.35. The number of ether oxygens (including phenoxy) is 2. The quantitative estimate of drug-likeness (QED) is 0.433. The Morgan fingerprint density at radius 2 is 1.55 bits per heavy atom. The van der Waals surface area contributed by atoms with Crippen molar-refractivity contribution in [3.63, 3.8) is 0 Å². The topological polar surface area (TPSA) is 48.4 Å². The molecular weight excluding hydrogens is 424 g/mol. The van der Waals surface area contributed by atoms with Gasteiger partial charge in [-0.1, -0.05) is 30.0 Å². The molecule has 1 heterocycles. The molecule has 2 rings (SSSR count). The van der Waals surface area contributed by atoms with Crippen LogP contribution in [0.25, 0.3) is 0 Å². The van der Waals surface area contributed by atoms with Crippen LogP contribution >= 0.6 is 11.8 Å². The number of benzene rings is 1. The van der Waals surface area contributed by atoms with E-state index in [2.05, 4.69) is 9.72 Å². The predicted octanol–water partition coefficient (Wildman–Crippen LogP) is 5.84. The van der Waals surface area contributed by atoms with Crippen molar-refractivity contribution >= 4 is 17.7 Å². The number of carbonyl (C=O) groups excluding carboxylic acids is 1. The van der Waals surface area contributed by atoms with Gasteiger partial charge in [-0.25, -0.2) is 9.78 Å². The first-order valence-electron chi connectivity index (χ1n) is 8.06. The van der Waals surface area contributed by atoms with Gasteiger partial charge >= 0.3 is 18.3 Å². The zero-order valence-electron chi connectivity index (χ0n) is 15.3. The lowest BCUT2D eigenvalue weighted by Gasteiger charge is -2.23. The predicted molar refractivity (Wildman–Crippen MR) is 91.9 cm³/mol. The molecule has 0 N–H and O–H groups in total. The van der Waals surface area contributed by atoms with Crippen LogP contribution in [0.4, 0.5) is 26.3 Å². The smallest absolute Gasteiger partial charge is 0.434 e. The van der Waals surface area contributed by atoms with Gasteiger partial charge in [0, 0.05) is 4.90 Å². The number of methoxy groups -OCH3 is 1. The molecule has 2 aromatic rings. The van der Waals surface area contributed by atoms with E-state index in [1.807, 2.05) is 0 Å². The van der Waals surface area contributed by atoms with Crippen molar-refractivity contribution in [3.8, 4) is 5.75 Å². The summed E-state index contributed by atoms with van der Waals surface area (Å²) in [6.07, 6.45) is -11.4. The van der Waals surface area contributed by atoms with E-state index in [1.165, 1.54) is 38.1 Å².